The molecular formula is C20H18N4OS. The molecule has 2 N–H and O–H groups in total. The third-order valence-corrected chi connectivity index (χ3v) is 4.74. The number of carbonyl (C=O) groups excluding carboxylic acids is 1. The number of hydrogen-bond acceptors (Lipinski definition) is 5. The number of thioether (sulfide) groups is 1. The molecule has 0 unspecified atom stereocenters. The summed E-state index contributed by atoms with van der Waals surface area (Å²) in [5.74, 6) is 0.482. The third-order valence-electron chi connectivity index (χ3n) is 3.83. The van der Waals surface area contributed by atoms with Crippen molar-refractivity contribution in [3.8, 4) is 6.07 Å². The Balaban J connectivity index is 1.80. The summed E-state index contributed by atoms with van der Waals surface area (Å²) < 4.78 is 0. The normalized spacial score (nSPS) is 13.8. The van der Waals surface area contributed by atoms with E-state index in [-0.39, 0.29) is 11.6 Å². The topological polar surface area (TPSA) is 77.3 Å². The first-order valence-corrected chi connectivity index (χ1v) is 9.21. The SMILES string of the molecule is N#C/C(=C/NC1=NCCS1)C(=O)NC(c1ccccc1)c1ccccc1. The molecule has 0 aliphatic carbocycles. The van der Waals surface area contributed by atoms with E-state index in [1.165, 1.54) is 6.20 Å². The molecule has 0 spiro atoms. The van der Waals surface area contributed by atoms with E-state index in [0.29, 0.717) is 0 Å². The van der Waals surface area contributed by atoms with E-state index in [4.69, 9.17) is 0 Å². The van der Waals surface area contributed by atoms with Crippen LogP contribution in [0.15, 0.2) is 77.4 Å². The van der Waals surface area contributed by atoms with Crippen molar-refractivity contribution in [1.29, 1.82) is 5.26 Å². The number of benzene rings is 2. The quantitative estimate of drug-likeness (QED) is 0.633. The summed E-state index contributed by atoms with van der Waals surface area (Å²) in [6.07, 6.45) is 1.42. The van der Waals surface area contributed by atoms with Crippen LogP contribution in [-0.4, -0.2) is 23.4 Å². The van der Waals surface area contributed by atoms with Crippen molar-refractivity contribution in [3.05, 3.63) is 83.6 Å². The second-order valence-corrected chi connectivity index (χ2v) is 6.66. The summed E-state index contributed by atoms with van der Waals surface area (Å²) >= 11 is 1.57. The summed E-state index contributed by atoms with van der Waals surface area (Å²) in [5, 5.41) is 16.0. The molecule has 1 aliphatic rings. The zero-order valence-corrected chi connectivity index (χ0v) is 14.9. The summed E-state index contributed by atoms with van der Waals surface area (Å²) in [6, 6.07) is 21.0. The number of amides is 1. The Labute approximate surface area is 156 Å². The highest BCUT2D eigenvalue weighted by Crippen LogP contribution is 2.22. The zero-order valence-electron chi connectivity index (χ0n) is 14.1. The second-order valence-electron chi connectivity index (χ2n) is 5.58. The standard InChI is InChI=1S/C20H18N4OS/c21-13-17(14-23-20-22-11-12-26-20)19(25)24-18(15-7-3-1-4-8-15)16-9-5-2-6-10-16/h1-10,14,18H,11-12H2,(H,22,23)(H,24,25)/b17-14-. The van der Waals surface area contributed by atoms with Crippen molar-refractivity contribution in [2.24, 2.45) is 4.99 Å². The maximum atomic E-state index is 12.6. The van der Waals surface area contributed by atoms with Crippen LogP contribution in [0.25, 0.3) is 0 Å². The number of amidine groups is 1. The Kier molecular flexibility index (Phi) is 6.07. The molecule has 0 saturated heterocycles. The van der Waals surface area contributed by atoms with Gasteiger partial charge in [0.2, 0.25) is 0 Å². The number of carbonyl (C=O) groups is 1. The van der Waals surface area contributed by atoms with Gasteiger partial charge in [-0.25, -0.2) is 0 Å². The fourth-order valence-electron chi connectivity index (χ4n) is 2.56. The van der Waals surface area contributed by atoms with Crippen molar-refractivity contribution in [2.75, 3.05) is 12.3 Å². The van der Waals surface area contributed by atoms with Crippen molar-refractivity contribution in [3.63, 3.8) is 0 Å². The van der Waals surface area contributed by atoms with Gasteiger partial charge in [0.15, 0.2) is 5.17 Å². The van der Waals surface area contributed by atoms with Crippen LogP contribution in [0.2, 0.25) is 0 Å². The maximum Gasteiger partial charge on any atom is 0.264 e. The molecular weight excluding hydrogens is 344 g/mol. The minimum absolute atomic E-state index is 0.0112. The highest BCUT2D eigenvalue weighted by atomic mass is 32.2. The zero-order chi connectivity index (χ0) is 18.2. The van der Waals surface area contributed by atoms with Gasteiger partial charge in [-0.15, -0.1) is 0 Å². The van der Waals surface area contributed by atoms with E-state index < -0.39 is 5.91 Å². The van der Waals surface area contributed by atoms with Gasteiger partial charge in [0.05, 0.1) is 12.6 Å². The van der Waals surface area contributed by atoms with Gasteiger partial charge in [-0.05, 0) is 11.1 Å². The first-order valence-electron chi connectivity index (χ1n) is 8.23. The Bertz CT molecular complexity index is 817. The Morgan fingerprint density at radius 2 is 1.73 bits per heavy atom. The molecule has 3 rings (SSSR count). The van der Waals surface area contributed by atoms with Crippen molar-refractivity contribution in [2.45, 2.75) is 6.04 Å². The van der Waals surface area contributed by atoms with E-state index in [9.17, 15) is 10.1 Å². The van der Waals surface area contributed by atoms with Gasteiger partial charge < -0.3 is 10.6 Å². The molecule has 26 heavy (non-hydrogen) atoms. The van der Waals surface area contributed by atoms with Gasteiger partial charge in [0, 0.05) is 12.0 Å². The van der Waals surface area contributed by atoms with E-state index in [2.05, 4.69) is 15.6 Å². The number of nitrogens with zero attached hydrogens (tertiary/aromatic N) is 2. The molecule has 5 nitrogen and oxygen atoms in total. The summed E-state index contributed by atoms with van der Waals surface area (Å²) in [5.41, 5.74) is 1.91. The molecule has 1 amide bonds. The van der Waals surface area contributed by atoms with Crippen LogP contribution >= 0.6 is 11.8 Å². The lowest BCUT2D eigenvalue weighted by molar-refractivity contribution is -0.117. The van der Waals surface area contributed by atoms with Crippen LogP contribution in [0.3, 0.4) is 0 Å². The van der Waals surface area contributed by atoms with E-state index in [1.807, 2.05) is 66.7 Å². The van der Waals surface area contributed by atoms with Gasteiger partial charge in [0.1, 0.15) is 11.6 Å². The fourth-order valence-corrected chi connectivity index (χ4v) is 3.26. The molecule has 6 heteroatoms. The van der Waals surface area contributed by atoms with Crippen LogP contribution in [0.5, 0.6) is 0 Å². The Hall–Kier alpha value is -3.04. The van der Waals surface area contributed by atoms with Crippen molar-refractivity contribution < 1.29 is 4.79 Å². The molecule has 0 fully saturated rings. The van der Waals surface area contributed by atoms with Gasteiger partial charge in [0.25, 0.3) is 5.91 Å². The lowest BCUT2D eigenvalue weighted by atomic mass is 9.98. The molecule has 2 aromatic carbocycles. The molecule has 0 bridgehead atoms. The number of nitriles is 1. The lowest BCUT2D eigenvalue weighted by Crippen LogP contribution is -2.31. The maximum absolute atomic E-state index is 12.6. The predicted octanol–water partition coefficient (Wildman–Crippen LogP) is 2.99. The minimum Gasteiger partial charge on any atom is -0.340 e. The molecule has 2 aromatic rings. The Morgan fingerprint density at radius 1 is 1.12 bits per heavy atom. The van der Waals surface area contributed by atoms with Crippen LogP contribution in [0.1, 0.15) is 17.2 Å². The largest absolute Gasteiger partial charge is 0.340 e. The monoisotopic (exact) mass is 362 g/mol. The van der Waals surface area contributed by atoms with E-state index >= 15 is 0 Å². The highest BCUT2D eigenvalue weighted by Gasteiger charge is 2.19. The molecule has 1 heterocycles. The number of hydrogen-bond donors (Lipinski definition) is 2. The smallest absolute Gasteiger partial charge is 0.264 e. The lowest BCUT2D eigenvalue weighted by Gasteiger charge is -2.19. The van der Waals surface area contributed by atoms with Crippen molar-refractivity contribution >= 4 is 22.8 Å². The Morgan fingerprint density at radius 3 is 2.23 bits per heavy atom. The number of aliphatic imine (C=N–C) groups is 1. The first kappa shape index (κ1) is 17.8. The second kappa shape index (κ2) is 8.88. The van der Waals surface area contributed by atoms with Crippen molar-refractivity contribution in [1.82, 2.24) is 10.6 Å². The van der Waals surface area contributed by atoms with Crippen LogP contribution in [-0.2, 0) is 4.79 Å². The highest BCUT2D eigenvalue weighted by molar-refractivity contribution is 8.14. The molecule has 0 saturated carbocycles. The van der Waals surface area contributed by atoms with E-state index in [0.717, 1.165) is 28.6 Å². The molecule has 1 aliphatic heterocycles. The minimum atomic E-state index is -0.429. The van der Waals surface area contributed by atoms with Crippen LogP contribution in [0.4, 0.5) is 0 Å². The summed E-state index contributed by atoms with van der Waals surface area (Å²) in [7, 11) is 0. The number of rotatable bonds is 5. The average Bonchev–Trinajstić information content (AvgIpc) is 3.21. The van der Waals surface area contributed by atoms with Gasteiger partial charge in [-0.1, -0.05) is 72.4 Å². The first-order chi connectivity index (χ1) is 12.8. The summed E-state index contributed by atoms with van der Waals surface area (Å²) in [4.78, 5) is 16.9. The van der Waals surface area contributed by atoms with Gasteiger partial charge in [-0.2, -0.15) is 5.26 Å². The van der Waals surface area contributed by atoms with Gasteiger partial charge in [-0.3, -0.25) is 9.79 Å². The van der Waals surface area contributed by atoms with Crippen LogP contribution in [0, 0.1) is 11.3 Å². The molecule has 0 aromatic heterocycles. The predicted molar refractivity (Wildman–Crippen MR) is 104 cm³/mol. The molecule has 130 valence electrons. The summed E-state index contributed by atoms with van der Waals surface area (Å²) in [6.45, 7) is 0.749. The third kappa shape index (κ3) is 4.52. The number of nitrogens with one attached hydrogen (secondary N) is 2. The molecule has 0 radical (unpaired) electrons. The average molecular weight is 362 g/mol. The fraction of sp³-hybridized carbons (Fsp3) is 0.150. The van der Waals surface area contributed by atoms with E-state index in [1.54, 1.807) is 11.8 Å². The molecule has 0 atom stereocenters. The van der Waals surface area contributed by atoms with Gasteiger partial charge >= 0.3 is 0 Å². The van der Waals surface area contributed by atoms with Crippen LogP contribution < -0.4 is 10.6 Å².